The SMILES string of the molecule is CC(CO)(CO)CNc1ccc(F)cc1. The lowest BCUT2D eigenvalue weighted by atomic mass is 9.93. The van der Waals surface area contributed by atoms with E-state index >= 15 is 0 Å². The van der Waals surface area contributed by atoms with Gasteiger partial charge in [-0.25, -0.2) is 4.39 Å². The molecule has 0 aliphatic rings. The molecule has 0 unspecified atom stereocenters. The zero-order chi connectivity index (χ0) is 11.3. The van der Waals surface area contributed by atoms with Gasteiger partial charge in [0, 0.05) is 17.6 Å². The van der Waals surface area contributed by atoms with Gasteiger partial charge >= 0.3 is 0 Å². The van der Waals surface area contributed by atoms with Crippen molar-refractivity contribution in [2.75, 3.05) is 25.1 Å². The second kappa shape index (κ2) is 5.09. The zero-order valence-corrected chi connectivity index (χ0v) is 8.70. The Morgan fingerprint density at radius 3 is 2.20 bits per heavy atom. The van der Waals surface area contributed by atoms with Crippen molar-refractivity contribution in [3.8, 4) is 0 Å². The quantitative estimate of drug-likeness (QED) is 0.689. The average molecular weight is 213 g/mol. The molecule has 0 aliphatic carbocycles. The van der Waals surface area contributed by atoms with Gasteiger partial charge in [-0.2, -0.15) is 0 Å². The molecular formula is C11H16FNO2. The van der Waals surface area contributed by atoms with Gasteiger partial charge in [-0.1, -0.05) is 6.92 Å². The van der Waals surface area contributed by atoms with Crippen LogP contribution >= 0.6 is 0 Å². The zero-order valence-electron chi connectivity index (χ0n) is 8.70. The van der Waals surface area contributed by atoms with E-state index in [2.05, 4.69) is 5.32 Å². The van der Waals surface area contributed by atoms with Crippen molar-refractivity contribution in [2.24, 2.45) is 5.41 Å². The van der Waals surface area contributed by atoms with Gasteiger partial charge in [0.1, 0.15) is 5.82 Å². The molecule has 0 heterocycles. The van der Waals surface area contributed by atoms with Crippen LogP contribution in [0.5, 0.6) is 0 Å². The normalized spacial score (nSPS) is 11.5. The number of aliphatic hydroxyl groups is 2. The van der Waals surface area contributed by atoms with E-state index in [0.29, 0.717) is 6.54 Å². The van der Waals surface area contributed by atoms with Crippen LogP contribution in [0.1, 0.15) is 6.92 Å². The Labute approximate surface area is 88.6 Å². The van der Waals surface area contributed by atoms with Crippen LogP contribution in [-0.4, -0.2) is 30.0 Å². The molecule has 3 nitrogen and oxygen atoms in total. The standard InChI is InChI=1S/C11H16FNO2/c1-11(7-14,8-15)6-13-10-4-2-9(12)3-5-10/h2-5,13-15H,6-8H2,1H3. The van der Waals surface area contributed by atoms with E-state index in [-0.39, 0.29) is 19.0 Å². The number of hydrogen-bond donors (Lipinski definition) is 3. The smallest absolute Gasteiger partial charge is 0.123 e. The van der Waals surface area contributed by atoms with Gasteiger partial charge in [0.15, 0.2) is 0 Å². The molecule has 1 aromatic carbocycles. The van der Waals surface area contributed by atoms with E-state index in [4.69, 9.17) is 10.2 Å². The minimum atomic E-state index is -0.561. The highest BCUT2D eigenvalue weighted by atomic mass is 19.1. The summed E-state index contributed by atoms with van der Waals surface area (Å²) in [7, 11) is 0. The number of anilines is 1. The minimum absolute atomic E-state index is 0.0995. The van der Waals surface area contributed by atoms with Crippen LogP contribution in [0.15, 0.2) is 24.3 Å². The van der Waals surface area contributed by atoms with Crippen LogP contribution < -0.4 is 5.32 Å². The number of rotatable bonds is 5. The van der Waals surface area contributed by atoms with Crippen molar-refractivity contribution < 1.29 is 14.6 Å². The highest BCUT2D eigenvalue weighted by Gasteiger charge is 2.21. The average Bonchev–Trinajstić information content (AvgIpc) is 2.28. The number of aliphatic hydroxyl groups excluding tert-OH is 2. The van der Waals surface area contributed by atoms with Crippen molar-refractivity contribution >= 4 is 5.69 Å². The van der Waals surface area contributed by atoms with Crippen LogP contribution in [-0.2, 0) is 0 Å². The summed E-state index contributed by atoms with van der Waals surface area (Å²) in [6.07, 6.45) is 0. The fraction of sp³-hybridized carbons (Fsp3) is 0.455. The molecule has 0 radical (unpaired) electrons. The van der Waals surface area contributed by atoms with Crippen LogP contribution in [0.25, 0.3) is 0 Å². The van der Waals surface area contributed by atoms with Gasteiger partial charge in [0.25, 0.3) is 0 Å². The van der Waals surface area contributed by atoms with Crippen molar-refractivity contribution in [3.05, 3.63) is 30.1 Å². The summed E-state index contributed by atoms with van der Waals surface area (Å²) in [6, 6.07) is 5.95. The molecule has 84 valence electrons. The first-order valence-electron chi connectivity index (χ1n) is 4.81. The largest absolute Gasteiger partial charge is 0.396 e. The Morgan fingerprint density at radius 1 is 1.20 bits per heavy atom. The Bertz CT molecular complexity index is 296. The van der Waals surface area contributed by atoms with E-state index in [1.165, 1.54) is 12.1 Å². The Hall–Kier alpha value is -1.13. The molecule has 0 saturated carbocycles. The van der Waals surface area contributed by atoms with Crippen LogP contribution in [0.3, 0.4) is 0 Å². The van der Waals surface area contributed by atoms with Crippen molar-refractivity contribution in [1.82, 2.24) is 0 Å². The second-order valence-corrected chi connectivity index (χ2v) is 3.99. The first-order chi connectivity index (χ1) is 7.09. The lowest BCUT2D eigenvalue weighted by Crippen LogP contribution is -2.33. The molecule has 0 amide bonds. The highest BCUT2D eigenvalue weighted by molar-refractivity contribution is 5.42. The molecule has 0 aliphatic heterocycles. The first-order valence-corrected chi connectivity index (χ1v) is 4.81. The molecule has 4 heteroatoms. The van der Waals surface area contributed by atoms with E-state index in [1.807, 2.05) is 0 Å². The number of halogens is 1. The van der Waals surface area contributed by atoms with E-state index in [1.54, 1.807) is 19.1 Å². The molecule has 0 aromatic heterocycles. The molecule has 15 heavy (non-hydrogen) atoms. The summed E-state index contributed by atoms with van der Waals surface area (Å²) < 4.78 is 12.6. The molecule has 0 saturated heterocycles. The fourth-order valence-electron chi connectivity index (χ4n) is 1.04. The van der Waals surface area contributed by atoms with E-state index in [0.717, 1.165) is 5.69 Å². The van der Waals surface area contributed by atoms with Gasteiger partial charge in [0.05, 0.1) is 13.2 Å². The Kier molecular flexibility index (Phi) is 4.05. The second-order valence-electron chi connectivity index (χ2n) is 3.99. The first kappa shape index (κ1) is 11.9. The van der Waals surface area contributed by atoms with Crippen LogP contribution in [0.4, 0.5) is 10.1 Å². The third kappa shape index (κ3) is 3.49. The highest BCUT2D eigenvalue weighted by Crippen LogP contribution is 2.16. The van der Waals surface area contributed by atoms with Crippen molar-refractivity contribution in [3.63, 3.8) is 0 Å². The third-order valence-corrected chi connectivity index (χ3v) is 2.33. The Balaban J connectivity index is 2.53. The topological polar surface area (TPSA) is 52.5 Å². The predicted octanol–water partition coefficient (Wildman–Crippen LogP) is 1.23. The van der Waals surface area contributed by atoms with Gasteiger partial charge < -0.3 is 15.5 Å². The maximum absolute atomic E-state index is 12.6. The molecule has 0 fully saturated rings. The molecular weight excluding hydrogens is 197 g/mol. The number of nitrogens with one attached hydrogen (secondary N) is 1. The lowest BCUT2D eigenvalue weighted by Gasteiger charge is -2.25. The summed E-state index contributed by atoms with van der Waals surface area (Å²) in [5.74, 6) is -0.285. The van der Waals surface area contributed by atoms with E-state index in [9.17, 15) is 4.39 Å². The summed E-state index contributed by atoms with van der Waals surface area (Å²) in [4.78, 5) is 0. The Morgan fingerprint density at radius 2 is 1.73 bits per heavy atom. The van der Waals surface area contributed by atoms with Gasteiger partial charge in [-0.05, 0) is 24.3 Å². The van der Waals surface area contributed by atoms with Crippen molar-refractivity contribution in [1.29, 1.82) is 0 Å². The van der Waals surface area contributed by atoms with E-state index < -0.39 is 5.41 Å². The van der Waals surface area contributed by atoms with Gasteiger partial charge in [0.2, 0.25) is 0 Å². The molecule has 1 rings (SSSR count). The fourth-order valence-corrected chi connectivity index (χ4v) is 1.04. The maximum Gasteiger partial charge on any atom is 0.123 e. The van der Waals surface area contributed by atoms with Crippen molar-refractivity contribution in [2.45, 2.75) is 6.92 Å². The van der Waals surface area contributed by atoms with Crippen LogP contribution in [0.2, 0.25) is 0 Å². The van der Waals surface area contributed by atoms with Gasteiger partial charge in [-0.15, -0.1) is 0 Å². The summed E-state index contributed by atoms with van der Waals surface area (Å²) in [5, 5.41) is 21.1. The minimum Gasteiger partial charge on any atom is -0.396 e. The lowest BCUT2D eigenvalue weighted by molar-refractivity contribution is 0.0806. The predicted molar refractivity (Wildman–Crippen MR) is 57.2 cm³/mol. The summed E-state index contributed by atoms with van der Waals surface area (Å²) in [5.41, 5.74) is 0.207. The monoisotopic (exact) mass is 213 g/mol. The molecule has 3 N–H and O–H groups in total. The molecule has 0 spiro atoms. The maximum atomic E-state index is 12.6. The number of hydrogen-bond acceptors (Lipinski definition) is 3. The molecule has 0 bridgehead atoms. The summed E-state index contributed by atoms with van der Waals surface area (Å²) in [6.45, 7) is 2.00. The van der Waals surface area contributed by atoms with Gasteiger partial charge in [-0.3, -0.25) is 0 Å². The number of benzene rings is 1. The van der Waals surface area contributed by atoms with Crippen LogP contribution in [0, 0.1) is 11.2 Å². The molecule has 0 atom stereocenters. The molecule has 1 aromatic rings. The summed E-state index contributed by atoms with van der Waals surface area (Å²) >= 11 is 0. The third-order valence-electron chi connectivity index (χ3n) is 2.33.